The molecule has 0 saturated carbocycles. The molecule has 0 radical (unpaired) electrons. The number of carbonyl (C=O) groups excluding carboxylic acids is 1. The first-order chi connectivity index (χ1) is 14.5. The van der Waals surface area contributed by atoms with Crippen LogP contribution >= 0.6 is 11.6 Å². The fraction of sp³-hybridized carbons (Fsp3) is 0.0833. The van der Waals surface area contributed by atoms with Crippen molar-refractivity contribution < 1.29 is 9.53 Å². The second kappa shape index (κ2) is 8.05. The highest BCUT2D eigenvalue weighted by Crippen LogP contribution is 2.25. The number of nitrogens with one attached hydrogen (secondary N) is 1. The molecule has 5 nitrogen and oxygen atoms in total. The number of ether oxygens (including phenoxy) is 1. The summed E-state index contributed by atoms with van der Waals surface area (Å²) < 4.78 is 6.66. The van der Waals surface area contributed by atoms with Crippen molar-refractivity contribution in [1.82, 2.24) is 4.57 Å². The molecule has 1 amide bonds. The van der Waals surface area contributed by atoms with Gasteiger partial charge in [0.2, 0.25) is 0 Å². The summed E-state index contributed by atoms with van der Waals surface area (Å²) in [6.45, 7) is 1.93. The predicted octanol–water partition coefficient (Wildman–Crippen LogP) is 5.21. The van der Waals surface area contributed by atoms with E-state index in [2.05, 4.69) is 5.32 Å². The molecule has 4 rings (SSSR count). The van der Waals surface area contributed by atoms with Crippen LogP contribution < -0.4 is 15.6 Å². The van der Waals surface area contributed by atoms with Crippen LogP contribution in [0.5, 0.6) is 5.75 Å². The molecule has 6 heteroatoms. The van der Waals surface area contributed by atoms with Crippen LogP contribution in [-0.4, -0.2) is 17.6 Å². The Balaban J connectivity index is 1.85. The molecule has 0 bridgehead atoms. The zero-order valence-electron chi connectivity index (χ0n) is 16.5. The van der Waals surface area contributed by atoms with E-state index in [9.17, 15) is 9.59 Å². The maximum absolute atomic E-state index is 13.2. The van der Waals surface area contributed by atoms with Crippen LogP contribution in [0.4, 0.5) is 5.69 Å². The summed E-state index contributed by atoms with van der Waals surface area (Å²) in [7, 11) is 1.58. The SMILES string of the molecule is COc1ccc(-n2cc(C(=O)Nc3ccc(C)cc3Cl)c3ccccc3c2=O)cc1. The van der Waals surface area contributed by atoms with Gasteiger partial charge in [-0.15, -0.1) is 0 Å². The van der Waals surface area contributed by atoms with Gasteiger partial charge in [0.1, 0.15) is 5.75 Å². The molecular formula is C24H19ClN2O3. The van der Waals surface area contributed by atoms with Crippen LogP contribution in [0, 0.1) is 6.92 Å². The maximum atomic E-state index is 13.2. The summed E-state index contributed by atoms with van der Waals surface area (Å²) >= 11 is 6.28. The molecule has 3 aromatic carbocycles. The molecule has 1 aromatic heterocycles. The molecule has 0 unspecified atom stereocenters. The Hall–Kier alpha value is -3.57. The molecule has 0 aliphatic rings. The molecule has 0 aliphatic carbocycles. The number of halogens is 1. The Labute approximate surface area is 178 Å². The molecule has 0 aliphatic heterocycles. The summed E-state index contributed by atoms with van der Waals surface area (Å²) in [5.41, 5.74) is 2.31. The Morgan fingerprint density at radius 2 is 1.70 bits per heavy atom. The number of aromatic nitrogens is 1. The number of benzene rings is 3. The topological polar surface area (TPSA) is 60.3 Å². The largest absolute Gasteiger partial charge is 0.497 e. The molecule has 1 N–H and O–H groups in total. The summed E-state index contributed by atoms with van der Waals surface area (Å²) in [6.07, 6.45) is 1.56. The average molecular weight is 419 g/mol. The number of carbonyl (C=O) groups is 1. The zero-order chi connectivity index (χ0) is 21.3. The van der Waals surface area contributed by atoms with Crippen molar-refractivity contribution in [3.63, 3.8) is 0 Å². The Morgan fingerprint density at radius 1 is 1.00 bits per heavy atom. The Bertz CT molecular complexity index is 1310. The second-order valence-corrected chi connectivity index (χ2v) is 7.31. The number of hydrogen-bond donors (Lipinski definition) is 1. The van der Waals surface area contributed by atoms with Gasteiger partial charge in [0.15, 0.2) is 0 Å². The molecule has 0 spiro atoms. The number of fused-ring (bicyclic) bond motifs is 1. The first-order valence-electron chi connectivity index (χ1n) is 9.34. The van der Waals surface area contributed by atoms with Crippen LogP contribution in [0.25, 0.3) is 16.5 Å². The highest BCUT2D eigenvalue weighted by Gasteiger charge is 2.16. The molecule has 1 heterocycles. The molecule has 30 heavy (non-hydrogen) atoms. The lowest BCUT2D eigenvalue weighted by Gasteiger charge is -2.14. The Kier molecular flexibility index (Phi) is 5.29. The average Bonchev–Trinajstić information content (AvgIpc) is 2.76. The van der Waals surface area contributed by atoms with Gasteiger partial charge in [0.25, 0.3) is 11.5 Å². The lowest BCUT2D eigenvalue weighted by atomic mass is 10.1. The second-order valence-electron chi connectivity index (χ2n) is 6.90. The van der Waals surface area contributed by atoms with E-state index in [1.807, 2.05) is 13.0 Å². The number of anilines is 1. The lowest BCUT2D eigenvalue weighted by molar-refractivity contribution is 0.102. The van der Waals surface area contributed by atoms with Gasteiger partial charge in [-0.1, -0.05) is 35.9 Å². The normalized spacial score (nSPS) is 10.8. The molecule has 150 valence electrons. The summed E-state index contributed by atoms with van der Waals surface area (Å²) in [5, 5.41) is 4.34. The van der Waals surface area contributed by atoms with Gasteiger partial charge < -0.3 is 10.1 Å². The van der Waals surface area contributed by atoms with Gasteiger partial charge in [-0.25, -0.2) is 0 Å². The van der Waals surface area contributed by atoms with Gasteiger partial charge in [0, 0.05) is 22.7 Å². The van der Waals surface area contributed by atoms with Gasteiger partial charge in [-0.05, 0) is 55.0 Å². The molecule has 0 saturated heterocycles. The van der Waals surface area contributed by atoms with E-state index in [1.165, 1.54) is 4.57 Å². The third-order valence-corrected chi connectivity index (χ3v) is 5.21. The van der Waals surface area contributed by atoms with Crippen molar-refractivity contribution in [1.29, 1.82) is 0 Å². The van der Waals surface area contributed by atoms with E-state index in [-0.39, 0.29) is 11.5 Å². The van der Waals surface area contributed by atoms with Gasteiger partial charge in [0.05, 0.1) is 23.4 Å². The van der Waals surface area contributed by atoms with E-state index in [0.29, 0.717) is 38.5 Å². The smallest absolute Gasteiger partial charge is 0.262 e. The first-order valence-corrected chi connectivity index (χ1v) is 9.72. The van der Waals surface area contributed by atoms with E-state index in [1.54, 1.807) is 74.0 Å². The van der Waals surface area contributed by atoms with Crippen LogP contribution in [0.3, 0.4) is 0 Å². The Morgan fingerprint density at radius 3 is 2.37 bits per heavy atom. The van der Waals surface area contributed by atoms with E-state index in [4.69, 9.17) is 16.3 Å². The minimum absolute atomic E-state index is 0.208. The van der Waals surface area contributed by atoms with Crippen molar-refractivity contribution in [2.75, 3.05) is 12.4 Å². The third-order valence-electron chi connectivity index (χ3n) is 4.89. The van der Waals surface area contributed by atoms with Crippen molar-refractivity contribution in [2.24, 2.45) is 0 Å². The van der Waals surface area contributed by atoms with Crippen LogP contribution in [0.2, 0.25) is 5.02 Å². The monoisotopic (exact) mass is 418 g/mol. The van der Waals surface area contributed by atoms with Gasteiger partial charge in [-0.3, -0.25) is 14.2 Å². The third kappa shape index (κ3) is 3.67. The summed E-state index contributed by atoms with van der Waals surface area (Å²) in [6, 6.07) is 19.6. The molecule has 0 atom stereocenters. The number of aryl methyl sites for hydroxylation is 1. The predicted molar refractivity (Wildman–Crippen MR) is 120 cm³/mol. The number of amides is 1. The number of hydrogen-bond acceptors (Lipinski definition) is 3. The number of rotatable bonds is 4. The molecule has 4 aromatic rings. The van der Waals surface area contributed by atoms with Crippen molar-refractivity contribution in [3.05, 3.63) is 99.4 Å². The van der Waals surface area contributed by atoms with Crippen molar-refractivity contribution in [3.8, 4) is 11.4 Å². The molecular weight excluding hydrogens is 400 g/mol. The number of pyridine rings is 1. The fourth-order valence-corrected chi connectivity index (χ4v) is 3.60. The first kappa shape index (κ1) is 19.7. The fourth-order valence-electron chi connectivity index (χ4n) is 3.32. The maximum Gasteiger partial charge on any atom is 0.262 e. The van der Waals surface area contributed by atoms with E-state index in [0.717, 1.165) is 5.56 Å². The zero-order valence-corrected chi connectivity index (χ0v) is 17.2. The van der Waals surface area contributed by atoms with Crippen LogP contribution in [-0.2, 0) is 0 Å². The van der Waals surface area contributed by atoms with Crippen LogP contribution in [0.15, 0.2) is 77.7 Å². The minimum atomic E-state index is -0.348. The van der Waals surface area contributed by atoms with Gasteiger partial charge >= 0.3 is 0 Å². The van der Waals surface area contributed by atoms with Crippen LogP contribution in [0.1, 0.15) is 15.9 Å². The standard InChI is InChI=1S/C24H19ClN2O3/c1-15-7-12-22(21(25)13-15)26-23(28)20-14-27(16-8-10-17(30-2)11-9-16)24(29)19-6-4-3-5-18(19)20/h3-14H,1-2H3,(H,26,28). The highest BCUT2D eigenvalue weighted by molar-refractivity contribution is 6.34. The van der Waals surface area contributed by atoms with Crippen molar-refractivity contribution in [2.45, 2.75) is 6.92 Å². The summed E-state index contributed by atoms with van der Waals surface area (Å²) in [4.78, 5) is 26.2. The summed E-state index contributed by atoms with van der Waals surface area (Å²) in [5.74, 6) is 0.332. The lowest BCUT2D eigenvalue weighted by Crippen LogP contribution is -2.22. The number of nitrogens with zero attached hydrogens (tertiary/aromatic N) is 1. The number of methoxy groups -OCH3 is 1. The highest BCUT2D eigenvalue weighted by atomic mass is 35.5. The van der Waals surface area contributed by atoms with E-state index < -0.39 is 0 Å². The van der Waals surface area contributed by atoms with Crippen molar-refractivity contribution >= 4 is 34.0 Å². The molecule has 0 fully saturated rings. The quantitative estimate of drug-likeness (QED) is 0.494. The van der Waals surface area contributed by atoms with E-state index >= 15 is 0 Å². The van der Waals surface area contributed by atoms with Gasteiger partial charge in [-0.2, -0.15) is 0 Å². The minimum Gasteiger partial charge on any atom is -0.497 e.